The van der Waals surface area contributed by atoms with Crippen LogP contribution in [-0.2, 0) is 4.79 Å². The molecule has 6 nitrogen and oxygen atoms in total. The number of carbonyl (C=O) groups is 3. The second-order valence-electron chi connectivity index (χ2n) is 6.03. The lowest BCUT2D eigenvalue weighted by molar-refractivity contribution is -0.122. The van der Waals surface area contributed by atoms with E-state index in [9.17, 15) is 14.4 Å². The van der Waals surface area contributed by atoms with Gasteiger partial charge >= 0.3 is 0 Å². The molecule has 134 valence electrons. The Balaban J connectivity index is 1.62. The van der Waals surface area contributed by atoms with Gasteiger partial charge in [0, 0.05) is 0 Å². The Kier molecular flexibility index (Phi) is 5.02. The minimum absolute atomic E-state index is 0.256. The monoisotopic (exact) mass is 352 g/mol. The summed E-state index contributed by atoms with van der Waals surface area (Å²) in [6.07, 6.45) is 0. The Bertz CT molecular complexity index is 810. The first-order chi connectivity index (χ1) is 12.5. The topological polar surface area (TPSA) is 75.7 Å². The molecule has 0 saturated heterocycles. The van der Waals surface area contributed by atoms with Gasteiger partial charge in [0.05, 0.1) is 23.8 Å². The third-order valence-corrected chi connectivity index (χ3v) is 4.25. The number of benzene rings is 2. The zero-order chi connectivity index (χ0) is 18.7. The van der Waals surface area contributed by atoms with Crippen molar-refractivity contribution in [2.24, 2.45) is 0 Å². The molecule has 0 bridgehead atoms. The zero-order valence-corrected chi connectivity index (χ0v) is 14.7. The molecule has 1 unspecified atom stereocenters. The number of imide groups is 1. The highest BCUT2D eigenvalue weighted by Crippen LogP contribution is 2.22. The Hall–Kier alpha value is -3.15. The van der Waals surface area contributed by atoms with Gasteiger partial charge in [-0.2, -0.15) is 0 Å². The molecule has 0 aliphatic carbocycles. The first-order valence-electron chi connectivity index (χ1n) is 8.48. The first-order valence-corrected chi connectivity index (χ1v) is 8.48. The van der Waals surface area contributed by atoms with Crippen LogP contribution in [0.4, 0.5) is 0 Å². The van der Waals surface area contributed by atoms with Gasteiger partial charge in [-0.1, -0.05) is 24.3 Å². The second-order valence-corrected chi connectivity index (χ2v) is 6.03. The van der Waals surface area contributed by atoms with E-state index in [1.807, 2.05) is 38.1 Å². The van der Waals surface area contributed by atoms with Gasteiger partial charge in [0.2, 0.25) is 5.91 Å². The molecule has 3 rings (SSSR count). The van der Waals surface area contributed by atoms with Gasteiger partial charge in [0.1, 0.15) is 12.3 Å². The molecule has 2 aromatic rings. The van der Waals surface area contributed by atoms with E-state index in [1.54, 1.807) is 24.3 Å². The fourth-order valence-corrected chi connectivity index (χ4v) is 2.92. The van der Waals surface area contributed by atoms with Crippen molar-refractivity contribution >= 4 is 17.7 Å². The van der Waals surface area contributed by atoms with E-state index < -0.39 is 11.8 Å². The van der Waals surface area contributed by atoms with Crippen molar-refractivity contribution in [3.63, 3.8) is 0 Å². The van der Waals surface area contributed by atoms with E-state index in [-0.39, 0.29) is 18.5 Å². The highest BCUT2D eigenvalue weighted by molar-refractivity contribution is 6.22. The number of amides is 3. The van der Waals surface area contributed by atoms with Gasteiger partial charge in [-0.3, -0.25) is 19.3 Å². The first kappa shape index (κ1) is 17.7. The lowest BCUT2D eigenvalue weighted by atomic mass is 10.1. The Morgan fingerprint density at radius 2 is 1.62 bits per heavy atom. The zero-order valence-electron chi connectivity index (χ0n) is 14.7. The molecule has 1 aliphatic heterocycles. The maximum atomic E-state index is 12.3. The standard InChI is InChI=1S/C20H20N2O4/c1-3-26-15-10-8-14(9-11-15)13(2)21-18(23)12-22-19(24)16-6-4-5-7-17(16)20(22)25/h4-11,13H,3,12H2,1-2H3,(H,21,23). The Morgan fingerprint density at radius 1 is 1.04 bits per heavy atom. The van der Waals surface area contributed by atoms with Crippen LogP contribution in [-0.4, -0.2) is 35.8 Å². The minimum atomic E-state index is -0.436. The third kappa shape index (κ3) is 3.44. The number of nitrogens with zero attached hydrogens (tertiary/aromatic N) is 1. The largest absolute Gasteiger partial charge is 0.494 e. The van der Waals surface area contributed by atoms with Gasteiger partial charge in [-0.05, 0) is 43.7 Å². The molecule has 1 N–H and O–H groups in total. The predicted molar refractivity (Wildman–Crippen MR) is 96.0 cm³/mol. The van der Waals surface area contributed by atoms with Gasteiger partial charge in [0.15, 0.2) is 0 Å². The SMILES string of the molecule is CCOc1ccc(C(C)NC(=O)CN2C(=O)c3ccccc3C2=O)cc1. The molecule has 0 saturated carbocycles. The van der Waals surface area contributed by atoms with Crippen LogP contribution in [0.25, 0.3) is 0 Å². The van der Waals surface area contributed by atoms with E-state index in [2.05, 4.69) is 5.32 Å². The Labute approximate surface area is 151 Å². The minimum Gasteiger partial charge on any atom is -0.494 e. The van der Waals surface area contributed by atoms with Crippen LogP contribution in [0.5, 0.6) is 5.75 Å². The number of nitrogens with one attached hydrogen (secondary N) is 1. The second kappa shape index (κ2) is 7.39. The molecule has 26 heavy (non-hydrogen) atoms. The highest BCUT2D eigenvalue weighted by Gasteiger charge is 2.36. The summed E-state index contributed by atoms with van der Waals surface area (Å²) in [4.78, 5) is 37.9. The number of ether oxygens (including phenoxy) is 1. The van der Waals surface area contributed by atoms with Crippen LogP contribution in [0.2, 0.25) is 0 Å². The van der Waals surface area contributed by atoms with Crippen molar-refractivity contribution < 1.29 is 19.1 Å². The average molecular weight is 352 g/mol. The summed E-state index contributed by atoms with van der Waals surface area (Å²) in [6.45, 7) is 4.05. The lowest BCUT2D eigenvalue weighted by Gasteiger charge is -2.18. The molecule has 2 aromatic carbocycles. The summed E-state index contributed by atoms with van der Waals surface area (Å²) >= 11 is 0. The van der Waals surface area contributed by atoms with Crippen molar-refractivity contribution in [2.45, 2.75) is 19.9 Å². The van der Waals surface area contributed by atoms with Crippen LogP contribution >= 0.6 is 0 Å². The number of hydrogen-bond donors (Lipinski definition) is 1. The summed E-state index contributed by atoms with van der Waals surface area (Å²) in [6, 6.07) is 13.7. The van der Waals surface area contributed by atoms with E-state index in [0.29, 0.717) is 17.7 Å². The normalized spacial score (nSPS) is 14.2. The Morgan fingerprint density at radius 3 is 2.15 bits per heavy atom. The van der Waals surface area contributed by atoms with Gasteiger partial charge in [0.25, 0.3) is 11.8 Å². The maximum absolute atomic E-state index is 12.3. The number of rotatable bonds is 6. The van der Waals surface area contributed by atoms with Crippen LogP contribution in [0.3, 0.4) is 0 Å². The van der Waals surface area contributed by atoms with Gasteiger partial charge < -0.3 is 10.1 Å². The lowest BCUT2D eigenvalue weighted by Crippen LogP contribution is -2.41. The molecule has 3 amide bonds. The van der Waals surface area contributed by atoms with Gasteiger partial charge in [-0.25, -0.2) is 0 Å². The highest BCUT2D eigenvalue weighted by atomic mass is 16.5. The molecule has 0 radical (unpaired) electrons. The molecule has 6 heteroatoms. The molecular formula is C20H20N2O4. The van der Waals surface area contributed by atoms with Crippen molar-refractivity contribution in [2.75, 3.05) is 13.2 Å². The molecule has 1 atom stereocenters. The van der Waals surface area contributed by atoms with Crippen molar-refractivity contribution in [3.05, 3.63) is 65.2 Å². The van der Waals surface area contributed by atoms with Crippen molar-refractivity contribution in [1.82, 2.24) is 10.2 Å². The van der Waals surface area contributed by atoms with Crippen molar-refractivity contribution in [1.29, 1.82) is 0 Å². The summed E-state index contributed by atoms with van der Waals surface area (Å²) < 4.78 is 5.40. The average Bonchev–Trinajstić information content (AvgIpc) is 2.88. The molecule has 0 aromatic heterocycles. The third-order valence-electron chi connectivity index (χ3n) is 4.25. The fraction of sp³-hybridized carbons (Fsp3) is 0.250. The van der Waals surface area contributed by atoms with E-state index in [1.165, 1.54) is 0 Å². The smallest absolute Gasteiger partial charge is 0.262 e. The number of hydrogen-bond acceptors (Lipinski definition) is 4. The van der Waals surface area contributed by atoms with Gasteiger partial charge in [-0.15, -0.1) is 0 Å². The van der Waals surface area contributed by atoms with Crippen molar-refractivity contribution in [3.8, 4) is 5.75 Å². The van der Waals surface area contributed by atoms with Crippen LogP contribution in [0, 0.1) is 0 Å². The molecule has 0 fully saturated rings. The predicted octanol–water partition coefficient (Wildman–Crippen LogP) is 2.56. The van der Waals surface area contributed by atoms with E-state index in [4.69, 9.17) is 4.74 Å². The van der Waals surface area contributed by atoms with Crippen LogP contribution < -0.4 is 10.1 Å². The van der Waals surface area contributed by atoms with Crippen LogP contribution in [0.1, 0.15) is 46.2 Å². The summed E-state index contributed by atoms with van der Waals surface area (Å²) in [5.41, 5.74) is 1.58. The summed E-state index contributed by atoms with van der Waals surface area (Å²) in [5, 5.41) is 2.82. The summed E-state index contributed by atoms with van der Waals surface area (Å²) in [5.74, 6) is -0.495. The fourth-order valence-electron chi connectivity index (χ4n) is 2.92. The summed E-state index contributed by atoms with van der Waals surface area (Å²) in [7, 11) is 0. The van der Waals surface area contributed by atoms with E-state index in [0.717, 1.165) is 16.2 Å². The quantitative estimate of drug-likeness (QED) is 0.811. The number of fused-ring (bicyclic) bond motifs is 1. The number of carbonyl (C=O) groups excluding carboxylic acids is 3. The molecule has 1 aliphatic rings. The van der Waals surface area contributed by atoms with E-state index >= 15 is 0 Å². The molecular weight excluding hydrogens is 332 g/mol. The van der Waals surface area contributed by atoms with Crippen LogP contribution in [0.15, 0.2) is 48.5 Å². The molecule has 1 heterocycles. The maximum Gasteiger partial charge on any atom is 0.262 e. The molecule has 0 spiro atoms.